The summed E-state index contributed by atoms with van der Waals surface area (Å²) in [5, 5.41) is 0. The van der Waals surface area contributed by atoms with E-state index in [9.17, 15) is 4.79 Å². The number of rotatable bonds is 1. The minimum absolute atomic E-state index is 0.173. The first-order valence-corrected chi connectivity index (χ1v) is 13.5. The van der Waals surface area contributed by atoms with Gasteiger partial charge in [0.1, 0.15) is 0 Å². The molecule has 0 amide bonds. The van der Waals surface area contributed by atoms with Gasteiger partial charge in [-0.2, -0.15) is 0 Å². The standard InChI is InChI=1S/C30H48O/c1-19(2)20-11-14-27(5)17-18-29(7)21(25(20)27)9-10-23-28(6)15-13-24(31)26(3,4)22(28)12-16-30(23,29)8/h13,15,19-23,25H,9-12,14,16-18H2,1-8H3/t20-,21+,22-,23+,25+,27+,28-,29+,30+/m0/s1. The van der Waals surface area contributed by atoms with E-state index in [0.29, 0.717) is 33.9 Å². The van der Waals surface area contributed by atoms with E-state index in [0.717, 1.165) is 23.7 Å². The summed E-state index contributed by atoms with van der Waals surface area (Å²) < 4.78 is 0. The lowest BCUT2D eigenvalue weighted by Crippen LogP contribution is -2.65. The second-order valence-corrected chi connectivity index (χ2v) is 14.6. The summed E-state index contributed by atoms with van der Waals surface area (Å²) in [5.74, 6) is 5.14. The number of ketones is 1. The van der Waals surface area contributed by atoms with Crippen molar-refractivity contribution >= 4 is 5.78 Å². The fourth-order valence-electron chi connectivity index (χ4n) is 11.0. The highest BCUT2D eigenvalue weighted by Crippen LogP contribution is 2.76. The summed E-state index contributed by atoms with van der Waals surface area (Å²) in [6.45, 7) is 20.1. The summed E-state index contributed by atoms with van der Waals surface area (Å²) in [4.78, 5) is 12.8. The predicted molar refractivity (Wildman–Crippen MR) is 130 cm³/mol. The smallest absolute Gasteiger partial charge is 0.161 e. The first-order chi connectivity index (χ1) is 14.3. The summed E-state index contributed by atoms with van der Waals surface area (Å²) in [7, 11) is 0. The number of allylic oxidation sites excluding steroid dienone is 2. The van der Waals surface area contributed by atoms with Crippen molar-refractivity contribution in [3.63, 3.8) is 0 Å². The van der Waals surface area contributed by atoms with Gasteiger partial charge in [-0.25, -0.2) is 0 Å². The second-order valence-electron chi connectivity index (χ2n) is 14.6. The molecule has 0 aromatic heterocycles. The van der Waals surface area contributed by atoms with E-state index in [1.807, 2.05) is 6.08 Å². The van der Waals surface area contributed by atoms with Crippen LogP contribution in [0.15, 0.2) is 12.2 Å². The number of fused-ring (bicyclic) bond motifs is 7. The van der Waals surface area contributed by atoms with E-state index < -0.39 is 0 Å². The van der Waals surface area contributed by atoms with Gasteiger partial charge in [0, 0.05) is 5.41 Å². The van der Waals surface area contributed by atoms with Crippen LogP contribution in [0.1, 0.15) is 107 Å². The molecule has 0 radical (unpaired) electrons. The SMILES string of the molecule is CC(C)[C@@H]1CC[C@]2(C)CC[C@]3(C)[C@H](CC[C@@H]4[C@@]5(C)C=CC(=O)C(C)(C)[C@@H]5CC[C@]43C)[C@@H]12. The Bertz CT molecular complexity index is 805. The van der Waals surface area contributed by atoms with Gasteiger partial charge in [0.25, 0.3) is 0 Å². The predicted octanol–water partition coefficient (Wildman–Crippen LogP) is 8.09. The molecule has 0 aromatic carbocycles. The molecule has 0 aromatic rings. The number of carbonyl (C=O) groups excluding carboxylic acids is 1. The van der Waals surface area contributed by atoms with Crippen molar-refractivity contribution in [2.75, 3.05) is 0 Å². The van der Waals surface area contributed by atoms with Gasteiger partial charge in [-0.3, -0.25) is 4.79 Å². The Labute approximate surface area is 192 Å². The molecule has 1 heteroatoms. The maximum Gasteiger partial charge on any atom is 0.161 e. The molecule has 0 unspecified atom stereocenters. The molecule has 31 heavy (non-hydrogen) atoms. The van der Waals surface area contributed by atoms with Crippen molar-refractivity contribution in [1.29, 1.82) is 0 Å². The Balaban J connectivity index is 1.57. The minimum atomic E-state index is -0.206. The van der Waals surface area contributed by atoms with E-state index >= 15 is 0 Å². The third-order valence-corrected chi connectivity index (χ3v) is 13.0. The molecule has 5 aliphatic rings. The van der Waals surface area contributed by atoms with Gasteiger partial charge in [0.05, 0.1) is 0 Å². The summed E-state index contributed by atoms with van der Waals surface area (Å²) in [6, 6.07) is 0. The zero-order valence-corrected chi connectivity index (χ0v) is 21.7. The molecule has 4 fully saturated rings. The molecule has 4 saturated carbocycles. The molecule has 0 bridgehead atoms. The maximum atomic E-state index is 12.8. The van der Waals surface area contributed by atoms with Crippen LogP contribution in [0.4, 0.5) is 0 Å². The highest BCUT2D eigenvalue weighted by atomic mass is 16.1. The van der Waals surface area contributed by atoms with Crippen LogP contribution in [0.5, 0.6) is 0 Å². The lowest BCUT2D eigenvalue weighted by molar-refractivity contribution is -0.218. The highest BCUT2D eigenvalue weighted by Gasteiger charge is 2.69. The third-order valence-electron chi connectivity index (χ3n) is 13.0. The van der Waals surface area contributed by atoms with Crippen LogP contribution in [-0.2, 0) is 4.79 Å². The molecule has 5 rings (SSSR count). The van der Waals surface area contributed by atoms with E-state index in [-0.39, 0.29) is 10.8 Å². The molecule has 0 saturated heterocycles. The van der Waals surface area contributed by atoms with Crippen molar-refractivity contribution in [3.05, 3.63) is 12.2 Å². The average molecular weight is 425 g/mol. The molecular formula is C30H48O. The van der Waals surface area contributed by atoms with Crippen molar-refractivity contribution in [3.8, 4) is 0 Å². The Morgan fingerprint density at radius 2 is 1.52 bits per heavy atom. The van der Waals surface area contributed by atoms with Gasteiger partial charge in [0.2, 0.25) is 0 Å². The zero-order chi connectivity index (χ0) is 22.6. The summed E-state index contributed by atoms with van der Waals surface area (Å²) in [6.07, 6.45) is 15.5. The monoisotopic (exact) mass is 424 g/mol. The van der Waals surface area contributed by atoms with Crippen LogP contribution >= 0.6 is 0 Å². The molecule has 0 spiro atoms. The maximum absolute atomic E-state index is 12.8. The van der Waals surface area contributed by atoms with Crippen LogP contribution < -0.4 is 0 Å². The summed E-state index contributed by atoms with van der Waals surface area (Å²) in [5.41, 5.74) is 1.40. The third kappa shape index (κ3) is 2.59. The van der Waals surface area contributed by atoms with Crippen LogP contribution in [0, 0.1) is 62.6 Å². The van der Waals surface area contributed by atoms with E-state index in [1.165, 1.54) is 51.4 Å². The average Bonchev–Trinajstić information content (AvgIpc) is 3.04. The highest BCUT2D eigenvalue weighted by molar-refractivity contribution is 5.95. The van der Waals surface area contributed by atoms with Gasteiger partial charge in [-0.15, -0.1) is 0 Å². The fraction of sp³-hybridized carbons (Fsp3) is 0.900. The van der Waals surface area contributed by atoms with E-state index in [1.54, 1.807) is 0 Å². The van der Waals surface area contributed by atoms with Crippen LogP contribution in [0.2, 0.25) is 0 Å². The number of hydrogen-bond donors (Lipinski definition) is 0. The molecule has 174 valence electrons. The normalized spacial score (nSPS) is 55.4. The van der Waals surface area contributed by atoms with Gasteiger partial charge in [-0.1, -0.05) is 61.5 Å². The lowest BCUT2D eigenvalue weighted by atomic mass is 9.33. The van der Waals surface area contributed by atoms with Gasteiger partial charge in [-0.05, 0) is 115 Å². The van der Waals surface area contributed by atoms with Gasteiger partial charge < -0.3 is 0 Å². The molecule has 0 heterocycles. The Morgan fingerprint density at radius 3 is 2.19 bits per heavy atom. The Kier molecular flexibility index (Phi) is 4.66. The van der Waals surface area contributed by atoms with Crippen molar-refractivity contribution in [2.24, 2.45) is 62.6 Å². The molecule has 9 atom stereocenters. The number of hydrogen-bond acceptors (Lipinski definition) is 1. The quantitative estimate of drug-likeness (QED) is 0.415. The molecule has 0 aliphatic heterocycles. The lowest BCUT2D eigenvalue weighted by Gasteiger charge is -2.71. The Hall–Kier alpha value is -0.590. The Morgan fingerprint density at radius 1 is 0.806 bits per heavy atom. The first-order valence-electron chi connectivity index (χ1n) is 13.5. The topological polar surface area (TPSA) is 17.1 Å². The van der Waals surface area contributed by atoms with Crippen LogP contribution in [0.3, 0.4) is 0 Å². The summed E-state index contributed by atoms with van der Waals surface area (Å²) >= 11 is 0. The molecular weight excluding hydrogens is 376 g/mol. The molecule has 1 nitrogen and oxygen atoms in total. The minimum Gasteiger partial charge on any atom is -0.294 e. The molecule has 0 N–H and O–H groups in total. The number of carbonyl (C=O) groups is 1. The van der Waals surface area contributed by atoms with Gasteiger partial charge in [0.15, 0.2) is 5.78 Å². The first kappa shape index (κ1) is 22.2. The van der Waals surface area contributed by atoms with Crippen molar-refractivity contribution < 1.29 is 4.79 Å². The fourth-order valence-corrected chi connectivity index (χ4v) is 11.0. The van der Waals surface area contributed by atoms with E-state index in [2.05, 4.69) is 61.5 Å². The van der Waals surface area contributed by atoms with E-state index in [4.69, 9.17) is 0 Å². The van der Waals surface area contributed by atoms with Crippen LogP contribution in [-0.4, -0.2) is 5.78 Å². The zero-order valence-electron chi connectivity index (χ0n) is 21.7. The second kappa shape index (κ2) is 6.50. The van der Waals surface area contributed by atoms with Crippen LogP contribution in [0.25, 0.3) is 0 Å². The van der Waals surface area contributed by atoms with Crippen molar-refractivity contribution in [2.45, 2.75) is 107 Å². The van der Waals surface area contributed by atoms with Crippen molar-refractivity contribution in [1.82, 2.24) is 0 Å². The van der Waals surface area contributed by atoms with Gasteiger partial charge >= 0.3 is 0 Å². The molecule has 5 aliphatic carbocycles. The largest absolute Gasteiger partial charge is 0.294 e.